The minimum absolute atomic E-state index is 0.267. The number of hydrogen-bond donors (Lipinski definition) is 2. The topological polar surface area (TPSA) is 70.7 Å². The zero-order valence-electron chi connectivity index (χ0n) is 17.0. The van der Waals surface area contributed by atoms with Crippen LogP contribution >= 0.6 is 27.5 Å². The van der Waals surface area contributed by atoms with E-state index < -0.39 is 17.7 Å². The number of halogens is 2. The number of para-hydroxylation sites is 1. The number of carbonyl (C=O) groups is 2. The standard InChI is InChI=1S/C24H19BrClN3O3/c1-24-20(22(30)27-16-10-8-15(26)9-11-16)21(18-4-2-3-5-19(18)32-24)28-23(31)29(24)17-12-6-14(25)7-13-17/h2-13,20-21H,1H3,(H,27,30)(H,28,31)/t20-,21-,24+/m1/s1. The van der Waals surface area contributed by atoms with E-state index in [1.54, 1.807) is 31.2 Å². The number of rotatable bonds is 3. The fraction of sp³-hybridized carbons (Fsp3) is 0.167. The number of nitrogens with one attached hydrogen (secondary N) is 2. The molecule has 3 aromatic rings. The molecule has 5 rings (SSSR count). The van der Waals surface area contributed by atoms with Crippen LogP contribution in [0.5, 0.6) is 5.75 Å². The molecule has 162 valence electrons. The molecule has 2 aliphatic heterocycles. The Kier molecular flexibility index (Phi) is 5.10. The summed E-state index contributed by atoms with van der Waals surface area (Å²) in [6, 6.07) is 20.8. The van der Waals surface area contributed by atoms with Crippen LogP contribution in [0.15, 0.2) is 77.3 Å². The van der Waals surface area contributed by atoms with Gasteiger partial charge in [-0.25, -0.2) is 4.79 Å². The van der Waals surface area contributed by atoms with Crippen molar-refractivity contribution in [3.05, 3.63) is 87.9 Å². The SMILES string of the molecule is C[C@@]12Oc3ccccc3[C@@H](NC(=O)N1c1ccc(Br)cc1)[C@@H]2C(=O)Nc1ccc(Cl)cc1. The predicted octanol–water partition coefficient (Wildman–Crippen LogP) is 5.74. The maximum atomic E-state index is 13.6. The first kappa shape index (κ1) is 20.8. The average molecular weight is 513 g/mol. The number of nitrogens with zero attached hydrogens (tertiary/aromatic N) is 1. The largest absolute Gasteiger partial charge is 0.466 e. The Morgan fingerprint density at radius 3 is 2.50 bits per heavy atom. The number of anilines is 2. The predicted molar refractivity (Wildman–Crippen MR) is 127 cm³/mol. The van der Waals surface area contributed by atoms with E-state index in [0.717, 1.165) is 10.0 Å². The van der Waals surface area contributed by atoms with Gasteiger partial charge in [0.15, 0.2) is 0 Å². The number of hydrogen-bond acceptors (Lipinski definition) is 3. The quantitative estimate of drug-likeness (QED) is 0.470. The van der Waals surface area contributed by atoms with Crippen molar-refractivity contribution in [1.29, 1.82) is 0 Å². The smallest absolute Gasteiger partial charge is 0.325 e. The van der Waals surface area contributed by atoms with Crippen molar-refractivity contribution < 1.29 is 14.3 Å². The van der Waals surface area contributed by atoms with Crippen molar-refractivity contribution in [3.8, 4) is 5.75 Å². The van der Waals surface area contributed by atoms with E-state index in [0.29, 0.717) is 22.1 Å². The first-order valence-electron chi connectivity index (χ1n) is 10.1. The molecule has 2 N–H and O–H groups in total. The van der Waals surface area contributed by atoms with Gasteiger partial charge in [-0.1, -0.05) is 45.7 Å². The lowest BCUT2D eigenvalue weighted by Crippen LogP contribution is -2.72. The molecule has 3 amide bonds. The molecule has 3 atom stereocenters. The molecule has 1 fully saturated rings. The highest BCUT2D eigenvalue weighted by molar-refractivity contribution is 9.10. The zero-order valence-corrected chi connectivity index (χ0v) is 19.4. The van der Waals surface area contributed by atoms with Crippen molar-refractivity contribution in [1.82, 2.24) is 5.32 Å². The number of ether oxygens (including phenoxy) is 1. The number of amides is 3. The summed E-state index contributed by atoms with van der Waals surface area (Å²) in [7, 11) is 0. The van der Waals surface area contributed by atoms with Gasteiger partial charge in [-0.3, -0.25) is 9.69 Å². The van der Waals surface area contributed by atoms with Gasteiger partial charge in [0.1, 0.15) is 11.7 Å². The van der Waals surface area contributed by atoms with E-state index in [2.05, 4.69) is 26.6 Å². The Labute approximate surface area is 198 Å². The summed E-state index contributed by atoms with van der Waals surface area (Å²) in [5.74, 6) is -0.358. The van der Waals surface area contributed by atoms with E-state index in [1.165, 1.54) is 4.90 Å². The maximum absolute atomic E-state index is 13.6. The van der Waals surface area contributed by atoms with Gasteiger partial charge in [0, 0.05) is 26.4 Å². The molecule has 2 heterocycles. The summed E-state index contributed by atoms with van der Waals surface area (Å²) in [5.41, 5.74) is 0.743. The minimum Gasteiger partial charge on any atom is -0.466 e. The molecule has 3 aromatic carbocycles. The summed E-state index contributed by atoms with van der Waals surface area (Å²) < 4.78 is 7.30. The Bertz CT molecular complexity index is 1200. The third kappa shape index (κ3) is 3.42. The monoisotopic (exact) mass is 511 g/mol. The molecule has 2 bridgehead atoms. The first-order valence-corrected chi connectivity index (χ1v) is 11.2. The number of urea groups is 1. The Hall–Kier alpha value is -3.03. The maximum Gasteiger partial charge on any atom is 0.325 e. The lowest BCUT2D eigenvalue weighted by atomic mass is 9.78. The highest BCUT2D eigenvalue weighted by Crippen LogP contribution is 2.49. The molecule has 6 nitrogen and oxygen atoms in total. The van der Waals surface area contributed by atoms with Gasteiger partial charge in [-0.15, -0.1) is 0 Å². The van der Waals surface area contributed by atoms with Crippen molar-refractivity contribution in [2.75, 3.05) is 10.2 Å². The fourth-order valence-electron chi connectivity index (χ4n) is 4.46. The van der Waals surface area contributed by atoms with E-state index in [-0.39, 0.29) is 11.9 Å². The summed E-state index contributed by atoms with van der Waals surface area (Å²) in [4.78, 5) is 28.4. The second-order valence-electron chi connectivity index (χ2n) is 7.91. The van der Waals surface area contributed by atoms with Gasteiger partial charge in [-0.2, -0.15) is 0 Å². The molecule has 8 heteroatoms. The third-order valence-corrected chi connectivity index (χ3v) is 6.67. The normalized spacial score (nSPS) is 23.6. The lowest BCUT2D eigenvalue weighted by Gasteiger charge is -2.54. The van der Waals surface area contributed by atoms with Crippen LogP contribution in [0, 0.1) is 5.92 Å². The summed E-state index contributed by atoms with van der Waals surface area (Å²) in [5, 5.41) is 6.57. The molecule has 0 unspecified atom stereocenters. The van der Waals surface area contributed by atoms with Gasteiger partial charge < -0.3 is 15.4 Å². The first-order chi connectivity index (χ1) is 15.4. The highest BCUT2D eigenvalue weighted by atomic mass is 79.9. The molecular formula is C24H19BrClN3O3. The molecule has 1 saturated heterocycles. The number of benzene rings is 3. The minimum atomic E-state index is -1.26. The van der Waals surface area contributed by atoms with Gasteiger partial charge in [0.2, 0.25) is 11.6 Å². The van der Waals surface area contributed by atoms with Gasteiger partial charge in [0.05, 0.1) is 6.04 Å². The second-order valence-corrected chi connectivity index (χ2v) is 9.26. The van der Waals surface area contributed by atoms with E-state index >= 15 is 0 Å². The van der Waals surface area contributed by atoms with E-state index in [4.69, 9.17) is 16.3 Å². The average Bonchev–Trinajstić information content (AvgIpc) is 2.76. The molecule has 0 saturated carbocycles. The van der Waals surface area contributed by atoms with Gasteiger partial charge in [0.25, 0.3) is 0 Å². The van der Waals surface area contributed by atoms with Crippen LogP contribution in [0.4, 0.5) is 16.2 Å². The van der Waals surface area contributed by atoms with Crippen molar-refractivity contribution in [3.63, 3.8) is 0 Å². The Morgan fingerprint density at radius 1 is 1.09 bits per heavy atom. The van der Waals surface area contributed by atoms with Crippen LogP contribution in [0.25, 0.3) is 0 Å². The van der Waals surface area contributed by atoms with E-state index in [9.17, 15) is 9.59 Å². The molecule has 0 aliphatic carbocycles. The van der Waals surface area contributed by atoms with Gasteiger partial charge >= 0.3 is 6.03 Å². The third-order valence-electron chi connectivity index (χ3n) is 5.89. The molecule has 0 spiro atoms. The summed E-state index contributed by atoms with van der Waals surface area (Å²) >= 11 is 9.40. The van der Waals surface area contributed by atoms with Crippen LogP contribution < -0.4 is 20.3 Å². The lowest BCUT2D eigenvalue weighted by molar-refractivity contribution is -0.131. The molecule has 0 aromatic heterocycles. The van der Waals surface area contributed by atoms with E-state index in [1.807, 2.05) is 48.5 Å². The molecule has 2 aliphatic rings. The van der Waals surface area contributed by atoms with Crippen LogP contribution in [-0.4, -0.2) is 17.7 Å². The second kappa shape index (κ2) is 7.83. The van der Waals surface area contributed by atoms with Crippen molar-refractivity contribution in [2.24, 2.45) is 5.92 Å². The molecular weight excluding hydrogens is 494 g/mol. The van der Waals surface area contributed by atoms with Crippen molar-refractivity contribution in [2.45, 2.75) is 18.7 Å². The summed E-state index contributed by atoms with van der Waals surface area (Å²) in [6.45, 7) is 1.78. The summed E-state index contributed by atoms with van der Waals surface area (Å²) in [6.07, 6.45) is 0. The van der Waals surface area contributed by atoms with Crippen LogP contribution in [0.2, 0.25) is 5.02 Å². The van der Waals surface area contributed by atoms with Crippen molar-refractivity contribution >= 4 is 50.8 Å². The Morgan fingerprint density at radius 2 is 1.78 bits per heavy atom. The molecule has 32 heavy (non-hydrogen) atoms. The van der Waals surface area contributed by atoms with Crippen LogP contribution in [0.1, 0.15) is 18.5 Å². The fourth-order valence-corrected chi connectivity index (χ4v) is 4.85. The molecule has 0 radical (unpaired) electrons. The van der Waals surface area contributed by atoms with Crippen LogP contribution in [0.3, 0.4) is 0 Å². The zero-order chi connectivity index (χ0) is 22.5. The van der Waals surface area contributed by atoms with Crippen LogP contribution in [-0.2, 0) is 4.79 Å². The number of fused-ring (bicyclic) bond motifs is 4. The highest BCUT2D eigenvalue weighted by Gasteiger charge is 2.60. The Balaban J connectivity index is 1.60. The number of carbonyl (C=O) groups excluding carboxylic acids is 2. The van der Waals surface area contributed by atoms with Gasteiger partial charge in [-0.05, 0) is 61.5 Å².